The summed E-state index contributed by atoms with van der Waals surface area (Å²) in [6.45, 7) is 0. The first-order valence-electron chi connectivity index (χ1n) is 9.45. The molecule has 0 aromatic heterocycles. The van der Waals surface area contributed by atoms with E-state index >= 15 is 0 Å². The molecule has 146 valence electrons. The molecule has 2 atom stereocenters. The molecule has 5 nitrogen and oxygen atoms in total. The Balaban J connectivity index is 1.55. The first kappa shape index (κ1) is 18.9. The standard InChI is InChI=1S/C19H23FN2O3S2/c20-14-6-3-7-15(10-14)22-16-11-27(24,25)12-17(16)26-19(22)21-18(23)9-8-13-4-1-2-5-13/h3,6-7,10,13,16-17H,1-2,4-5,8-9,11-12H2. The van der Waals surface area contributed by atoms with Gasteiger partial charge in [0.1, 0.15) is 5.82 Å². The zero-order valence-corrected chi connectivity index (χ0v) is 16.6. The fourth-order valence-corrected chi connectivity index (χ4v) is 8.21. The number of carbonyl (C=O) groups is 1. The Kier molecular flexibility index (Phi) is 5.29. The second kappa shape index (κ2) is 7.54. The average molecular weight is 411 g/mol. The number of aliphatic imine (C=N–C) groups is 1. The molecule has 1 aromatic carbocycles. The van der Waals surface area contributed by atoms with Gasteiger partial charge in [-0.25, -0.2) is 12.8 Å². The predicted octanol–water partition coefficient (Wildman–Crippen LogP) is 3.40. The third-order valence-electron chi connectivity index (χ3n) is 5.61. The molecule has 1 aromatic rings. The number of halogens is 1. The lowest BCUT2D eigenvalue weighted by Gasteiger charge is -2.24. The predicted molar refractivity (Wildman–Crippen MR) is 106 cm³/mol. The zero-order valence-electron chi connectivity index (χ0n) is 15.0. The van der Waals surface area contributed by atoms with Gasteiger partial charge < -0.3 is 4.90 Å². The number of carbonyl (C=O) groups excluding carboxylic acids is 1. The minimum Gasteiger partial charge on any atom is -0.315 e. The monoisotopic (exact) mass is 410 g/mol. The minimum atomic E-state index is -3.13. The van der Waals surface area contributed by atoms with Gasteiger partial charge in [-0.05, 0) is 30.5 Å². The van der Waals surface area contributed by atoms with E-state index in [4.69, 9.17) is 0 Å². The highest BCUT2D eigenvalue weighted by Gasteiger charge is 2.49. The van der Waals surface area contributed by atoms with Crippen molar-refractivity contribution in [2.24, 2.45) is 10.9 Å². The minimum absolute atomic E-state index is 0.0104. The van der Waals surface area contributed by atoms with Gasteiger partial charge in [0.05, 0.1) is 17.5 Å². The summed E-state index contributed by atoms with van der Waals surface area (Å²) in [6, 6.07) is 5.73. The number of nitrogens with zero attached hydrogens (tertiary/aromatic N) is 2. The van der Waals surface area contributed by atoms with E-state index in [-0.39, 0.29) is 28.7 Å². The van der Waals surface area contributed by atoms with E-state index in [9.17, 15) is 17.6 Å². The number of hydrogen-bond acceptors (Lipinski definition) is 4. The molecule has 1 saturated carbocycles. The van der Waals surface area contributed by atoms with Gasteiger partial charge in [-0.2, -0.15) is 4.99 Å². The molecule has 2 saturated heterocycles. The second-order valence-electron chi connectivity index (χ2n) is 7.63. The van der Waals surface area contributed by atoms with Crippen LogP contribution < -0.4 is 4.90 Å². The highest BCUT2D eigenvalue weighted by atomic mass is 32.2. The van der Waals surface area contributed by atoms with Crippen molar-refractivity contribution in [3.8, 4) is 0 Å². The quantitative estimate of drug-likeness (QED) is 0.761. The maximum absolute atomic E-state index is 13.7. The Bertz CT molecular complexity index is 865. The first-order valence-corrected chi connectivity index (χ1v) is 12.1. The number of fused-ring (bicyclic) bond motifs is 1. The van der Waals surface area contributed by atoms with E-state index in [1.807, 2.05) is 0 Å². The Morgan fingerprint density at radius 1 is 1.26 bits per heavy atom. The van der Waals surface area contributed by atoms with Crippen LogP contribution in [0.4, 0.5) is 10.1 Å². The van der Waals surface area contributed by atoms with Crippen LogP contribution >= 0.6 is 11.8 Å². The Hall–Kier alpha value is -1.41. The van der Waals surface area contributed by atoms with Crippen LogP contribution in [0.5, 0.6) is 0 Å². The molecule has 2 aliphatic heterocycles. The smallest absolute Gasteiger partial charge is 0.248 e. The van der Waals surface area contributed by atoms with E-state index in [2.05, 4.69) is 4.99 Å². The maximum atomic E-state index is 13.7. The molecule has 0 N–H and O–H groups in total. The second-order valence-corrected chi connectivity index (χ2v) is 11.0. The Labute approximate surface area is 163 Å². The van der Waals surface area contributed by atoms with Gasteiger partial charge in [0.15, 0.2) is 15.0 Å². The SMILES string of the molecule is O=C(CCC1CCCC1)N=C1SC2CS(=O)(=O)CC2N1c1cccc(F)c1. The summed E-state index contributed by atoms with van der Waals surface area (Å²) < 4.78 is 37.8. The number of amides is 1. The molecule has 4 rings (SSSR count). The summed E-state index contributed by atoms with van der Waals surface area (Å²) in [6.07, 6.45) is 6.15. The van der Waals surface area contributed by atoms with Crippen LogP contribution in [0.25, 0.3) is 0 Å². The number of anilines is 1. The Morgan fingerprint density at radius 3 is 2.78 bits per heavy atom. The summed E-state index contributed by atoms with van der Waals surface area (Å²) in [5.74, 6) is 0.136. The number of amidine groups is 1. The van der Waals surface area contributed by atoms with E-state index in [1.165, 1.54) is 49.6 Å². The maximum Gasteiger partial charge on any atom is 0.248 e. The molecule has 2 unspecified atom stereocenters. The van der Waals surface area contributed by atoms with Crippen molar-refractivity contribution < 1.29 is 17.6 Å². The average Bonchev–Trinajstić information content (AvgIpc) is 3.27. The van der Waals surface area contributed by atoms with Crippen molar-refractivity contribution in [3.63, 3.8) is 0 Å². The van der Waals surface area contributed by atoms with Crippen molar-refractivity contribution in [3.05, 3.63) is 30.1 Å². The molecule has 3 aliphatic rings. The molecule has 3 fully saturated rings. The molecule has 27 heavy (non-hydrogen) atoms. The zero-order chi connectivity index (χ0) is 19.0. The number of rotatable bonds is 4. The van der Waals surface area contributed by atoms with Gasteiger partial charge in [-0.3, -0.25) is 4.79 Å². The lowest BCUT2D eigenvalue weighted by Crippen LogP contribution is -2.37. The molecule has 1 aliphatic carbocycles. The summed E-state index contributed by atoms with van der Waals surface area (Å²) in [7, 11) is -3.13. The van der Waals surface area contributed by atoms with Crippen molar-refractivity contribution in [1.82, 2.24) is 0 Å². The van der Waals surface area contributed by atoms with E-state index in [1.54, 1.807) is 17.0 Å². The lowest BCUT2D eigenvalue weighted by molar-refractivity contribution is -0.118. The summed E-state index contributed by atoms with van der Waals surface area (Å²) in [5, 5.41) is 0.335. The number of thioether (sulfide) groups is 1. The molecule has 0 radical (unpaired) electrons. The normalized spacial score (nSPS) is 28.8. The van der Waals surface area contributed by atoms with Gasteiger partial charge in [-0.1, -0.05) is 43.5 Å². The third kappa shape index (κ3) is 4.21. The van der Waals surface area contributed by atoms with Crippen molar-refractivity contribution >= 4 is 38.4 Å². The highest BCUT2D eigenvalue weighted by Crippen LogP contribution is 2.41. The molecule has 0 bridgehead atoms. The molecule has 0 spiro atoms. The van der Waals surface area contributed by atoms with Crippen LogP contribution in [0, 0.1) is 11.7 Å². The van der Waals surface area contributed by atoms with Crippen LogP contribution in [0.15, 0.2) is 29.3 Å². The topological polar surface area (TPSA) is 66.8 Å². The fourth-order valence-electron chi connectivity index (χ4n) is 4.28. The van der Waals surface area contributed by atoms with Crippen LogP contribution in [0.3, 0.4) is 0 Å². The third-order valence-corrected chi connectivity index (χ3v) is 8.82. The Morgan fingerprint density at radius 2 is 2.04 bits per heavy atom. The van der Waals surface area contributed by atoms with E-state index < -0.39 is 15.7 Å². The lowest BCUT2D eigenvalue weighted by atomic mass is 10.0. The van der Waals surface area contributed by atoms with Crippen molar-refractivity contribution in [2.45, 2.75) is 49.8 Å². The van der Waals surface area contributed by atoms with Gasteiger partial charge >= 0.3 is 0 Å². The van der Waals surface area contributed by atoms with E-state index in [0.29, 0.717) is 23.2 Å². The molecule has 8 heteroatoms. The molecular formula is C19H23FN2O3S2. The number of hydrogen-bond donors (Lipinski definition) is 0. The number of sulfone groups is 1. The molecule has 2 heterocycles. The fraction of sp³-hybridized carbons (Fsp3) is 0.579. The van der Waals surface area contributed by atoms with Gasteiger partial charge in [0.2, 0.25) is 5.91 Å². The van der Waals surface area contributed by atoms with E-state index in [0.717, 1.165) is 6.42 Å². The van der Waals surface area contributed by atoms with Gasteiger partial charge in [0.25, 0.3) is 0 Å². The summed E-state index contributed by atoms with van der Waals surface area (Å²) in [5.41, 5.74) is 0.550. The van der Waals surface area contributed by atoms with Crippen LogP contribution in [-0.2, 0) is 14.6 Å². The van der Waals surface area contributed by atoms with Crippen LogP contribution in [0.1, 0.15) is 38.5 Å². The molecular weight excluding hydrogens is 387 g/mol. The van der Waals surface area contributed by atoms with Gasteiger partial charge in [0, 0.05) is 17.4 Å². The first-order chi connectivity index (χ1) is 12.9. The summed E-state index contributed by atoms with van der Waals surface area (Å²) in [4.78, 5) is 18.5. The van der Waals surface area contributed by atoms with Gasteiger partial charge in [-0.15, -0.1) is 0 Å². The molecule has 1 amide bonds. The van der Waals surface area contributed by atoms with Crippen molar-refractivity contribution in [2.75, 3.05) is 16.4 Å². The largest absolute Gasteiger partial charge is 0.315 e. The van der Waals surface area contributed by atoms with Crippen LogP contribution in [0.2, 0.25) is 0 Å². The summed E-state index contributed by atoms with van der Waals surface area (Å²) >= 11 is 1.33. The number of benzene rings is 1. The highest BCUT2D eigenvalue weighted by molar-refractivity contribution is 8.16. The van der Waals surface area contributed by atoms with Crippen LogP contribution in [-0.4, -0.2) is 42.3 Å². The van der Waals surface area contributed by atoms with Crippen molar-refractivity contribution in [1.29, 1.82) is 0 Å².